The second-order valence-corrected chi connectivity index (χ2v) is 10.5. The molecule has 0 spiro atoms. The molecule has 2 aliphatic rings. The fourth-order valence-electron chi connectivity index (χ4n) is 4.87. The van der Waals surface area contributed by atoms with Crippen LogP contribution in [0.1, 0.15) is 50.2 Å². The molecule has 2 aliphatic heterocycles. The van der Waals surface area contributed by atoms with Gasteiger partial charge in [0.05, 0.1) is 37.6 Å². The van der Waals surface area contributed by atoms with Crippen molar-refractivity contribution in [3.8, 4) is 11.5 Å². The highest BCUT2D eigenvalue weighted by Gasteiger charge is 2.29. The first-order valence-corrected chi connectivity index (χ1v) is 14.3. The second-order valence-electron chi connectivity index (χ2n) is 9.52. The van der Waals surface area contributed by atoms with E-state index in [9.17, 15) is 19.1 Å². The number of hydrogen-bond donors (Lipinski definition) is 3. The van der Waals surface area contributed by atoms with E-state index in [0.717, 1.165) is 23.3 Å². The van der Waals surface area contributed by atoms with Crippen LogP contribution in [0.25, 0.3) is 0 Å². The molecular weight excluding hydrogens is 511 g/mol. The number of hydrogen-bond acceptors (Lipinski definition) is 7. The molecule has 2 atom stereocenters. The standard InChI is InChI=1S/C28H35FN2O6S/c1-35-26-21-7-10-37-25(21)19(14-22(26)28(34)31-15-18-6-9-36-16-24(18)32)12-17-4-5-20(23(29)13-17)27(33)30-8-3-11-38-2/h4-5,13-14,18,24,32H,3,6-12,15-16H2,1-2H3,(H,30,33)(H,31,34)/t18-,24+/m1/s1. The highest BCUT2D eigenvalue weighted by molar-refractivity contribution is 7.98. The largest absolute Gasteiger partial charge is 0.495 e. The Morgan fingerprint density at radius 2 is 2.00 bits per heavy atom. The van der Waals surface area contributed by atoms with Crippen LogP contribution in [0, 0.1) is 11.7 Å². The highest BCUT2D eigenvalue weighted by Crippen LogP contribution is 2.40. The van der Waals surface area contributed by atoms with Gasteiger partial charge >= 0.3 is 0 Å². The van der Waals surface area contributed by atoms with E-state index in [1.165, 1.54) is 19.2 Å². The van der Waals surface area contributed by atoms with Crippen molar-refractivity contribution in [2.75, 3.05) is 52.0 Å². The summed E-state index contributed by atoms with van der Waals surface area (Å²) in [5.41, 5.74) is 2.58. The van der Waals surface area contributed by atoms with Gasteiger partial charge in [-0.05, 0) is 54.2 Å². The van der Waals surface area contributed by atoms with E-state index in [1.807, 2.05) is 6.26 Å². The lowest BCUT2D eigenvalue weighted by molar-refractivity contribution is -0.0425. The van der Waals surface area contributed by atoms with E-state index in [1.54, 1.807) is 23.9 Å². The van der Waals surface area contributed by atoms with Crippen molar-refractivity contribution in [1.29, 1.82) is 0 Å². The molecular formula is C28H35FN2O6S. The topological polar surface area (TPSA) is 106 Å². The molecule has 206 valence electrons. The predicted octanol–water partition coefficient (Wildman–Crippen LogP) is 2.97. The summed E-state index contributed by atoms with van der Waals surface area (Å²) in [5, 5.41) is 15.8. The van der Waals surface area contributed by atoms with Crippen molar-refractivity contribution < 1.29 is 33.3 Å². The van der Waals surface area contributed by atoms with Gasteiger partial charge in [0.2, 0.25) is 0 Å². The maximum Gasteiger partial charge on any atom is 0.255 e. The number of methoxy groups -OCH3 is 1. The Labute approximate surface area is 226 Å². The molecule has 1 saturated heterocycles. The average Bonchev–Trinajstić information content (AvgIpc) is 3.41. The van der Waals surface area contributed by atoms with E-state index in [2.05, 4.69) is 10.6 Å². The molecule has 1 fully saturated rings. The highest BCUT2D eigenvalue weighted by atomic mass is 32.2. The smallest absolute Gasteiger partial charge is 0.255 e. The van der Waals surface area contributed by atoms with Crippen LogP contribution in [0.4, 0.5) is 4.39 Å². The lowest BCUT2D eigenvalue weighted by Gasteiger charge is -2.28. The van der Waals surface area contributed by atoms with Gasteiger partial charge in [-0.25, -0.2) is 4.39 Å². The molecule has 0 aromatic heterocycles. The van der Waals surface area contributed by atoms with E-state index in [0.29, 0.717) is 68.2 Å². The maximum absolute atomic E-state index is 14.9. The number of carbonyl (C=O) groups is 2. The molecule has 2 aromatic carbocycles. The molecule has 0 unspecified atom stereocenters. The summed E-state index contributed by atoms with van der Waals surface area (Å²) in [6, 6.07) is 6.29. The van der Waals surface area contributed by atoms with Crippen molar-refractivity contribution >= 4 is 23.6 Å². The first-order chi connectivity index (χ1) is 18.4. The normalized spacial score (nSPS) is 18.4. The molecule has 38 heavy (non-hydrogen) atoms. The van der Waals surface area contributed by atoms with E-state index >= 15 is 0 Å². The number of thioether (sulfide) groups is 1. The number of aliphatic hydroxyl groups excluding tert-OH is 1. The van der Waals surface area contributed by atoms with Gasteiger partial charge in [-0.2, -0.15) is 11.8 Å². The van der Waals surface area contributed by atoms with Crippen LogP contribution >= 0.6 is 11.8 Å². The van der Waals surface area contributed by atoms with Gasteiger partial charge in [-0.15, -0.1) is 0 Å². The van der Waals surface area contributed by atoms with Crippen LogP contribution < -0.4 is 20.1 Å². The average molecular weight is 547 g/mol. The van der Waals surface area contributed by atoms with Crippen LogP contribution in [-0.4, -0.2) is 75.1 Å². The number of rotatable bonds is 11. The first-order valence-electron chi connectivity index (χ1n) is 12.9. The zero-order valence-electron chi connectivity index (χ0n) is 21.8. The van der Waals surface area contributed by atoms with Crippen molar-refractivity contribution in [2.45, 2.75) is 31.8 Å². The Bertz CT molecular complexity index is 1160. The van der Waals surface area contributed by atoms with Gasteiger partial charge in [0.1, 0.15) is 17.3 Å². The summed E-state index contributed by atoms with van der Waals surface area (Å²) >= 11 is 1.69. The van der Waals surface area contributed by atoms with E-state index in [4.69, 9.17) is 14.2 Å². The lowest BCUT2D eigenvalue weighted by Crippen LogP contribution is -2.40. The number of benzene rings is 2. The van der Waals surface area contributed by atoms with Crippen molar-refractivity contribution in [3.63, 3.8) is 0 Å². The van der Waals surface area contributed by atoms with Crippen LogP contribution in [0.5, 0.6) is 11.5 Å². The van der Waals surface area contributed by atoms with Gasteiger partial charge in [-0.3, -0.25) is 9.59 Å². The molecule has 0 bridgehead atoms. The second kappa shape index (κ2) is 13.3. The Hall–Kier alpha value is -2.82. The van der Waals surface area contributed by atoms with E-state index in [-0.39, 0.29) is 24.0 Å². The lowest BCUT2D eigenvalue weighted by atomic mass is 9.95. The minimum atomic E-state index is -0.620. The number of aliphatic hydroxyl groups is 1. The van der Waals surface area contributed by atoms with Gasteiger partial charge in [0.25, 0.3) is 11.8 Å². The maximum atomic E-state index is 14.9. The summed E-state index contributed by atoms with van der Waals surface area (Å²) in [5.74, 6) is 0.617. The number of fused-ring (bicyclic) bond motifs is 1. The van der Waals surface area contributed by atoms with Gasteiger partial charge in [-0.1, -0.05) is 6.07 Å². The fourth-order valence-corrected chi connectivity index (χ4v) is 5.30. The van der Waals surface area contributed by atoms with Crippen LogP contribution in [0.3, 0.4) is 0 Å². The molecule has 2 amide bonds. The Morgan fingerprint density at radius 1 is 1.18 bits per heavy atom. The first kappa shape index (κ1) is 28.2. The molecule has 0 saturated carbocycles. The summed E-state index contributed by atoms with van der Waals surface area (Å²) < 4.78 is 31.7. The van der Waals surface area contributed by atoms with E-state index < -0.39 is 17.8 Å². The molecule has 0 radical (unpaired) electrons. The zero-order valence-corrected chi connectivity index (χ0v) is 22.6. The van der Waals surface area contributed by atoms with Crippen LogP contribution in [0.2, 0.25) is 0 Å². The summed E-state index contributed by atoms with van der Waals surface area (Å²) in [4.78, 5) is 25.6. The molecule has 8 nitrogen and oxygen atoms in total. The Balaban J connectivity index is 1.52. The van der Waals surface area contributed by atoms with Crippen molar-refractivity contribution in [1.82, 2.24) is 10.6 Å². The summed E-state index contributed by atoms with van der Waals surface area (Å²) in [6.07, 6.45) is 3.77. The number of halogens is 1. The molecule has 10 heteroatoms. The summed E-state index contributed by atoms with van der Waals surface area (Å²) in [7, 11) is 1.52. The molecule has 2 aromatic rings. The van der Waals surface area contributed by atoms with Crippen LogP contribution in [-0.2, 0) is 17.6 Å². The number of carbonyl (C=O) groups excluding carboxylic acids is 2. The van der Waals surface area contributed by atoms with Gasteiger partial charge in [0, 0.05) is 44.0 Å². The fraction of sp³-hybridized carbons (Fsp3) is 0.500. The van der Waals surface area contributed by atoms with Crippen LogP contribution in [0.15, 0.2) is 24.3 Å². The van der Waals surface area contributed by atoms with Crippen molar-refractivity contribution in [2.24, 2.45) is 5.92 Å². The third kappa shape index (κ3) is 6.59. The minimum Gasteiger partial charge on any atom is -0.495 e. The number of nitrogens with one attached hydrogen (secondary N) is 2. The third-order valence-electron chi connectivity index (χ3n) is 6.92. The molecule has 3 N–H and O–H groups in total. The quantitative estimate of drug-likeness (QED) is 0.372. The van der Waals surface area contributed by atoms with Crippen molar-refractivity contribution in [3.05, 3.63) is 57.9 Å². The Morgan fingerprint density at radius 3 is 2.74 bits per heavy atom. The predicted molar refractivity (Wildman–Crippen MR) is 144 cm³/mol. The molecule has 2 heterocycles. The third-order valence-corrected chi connectivity index (χ3v) is 7.62. The number of amides is 2. The van der Waals surface area contributed by atoms with Gasteiger partial charge < -0.3 is 30.0 Å². The molecule has 4 rings (SSSR count). The monoisotopic (exact) mass is 546 g/mol. The Kier molecular flexibility index (Phi) is 9.87. The SMILES string of the molecule is COc1c(C(=O)NC[C@H]2CCOC[C@@H]2O)cc(Cc2ccc(C(=O)NCCCSC)c(F)c2)c2c1CCO2. The summed E-state index contributed by atoms with van der Waals surface area (Å²) in [6.45, 7) is 2.09. The number of ether oxygens (including phenoxy) is 3. The molecule has 0 aliphatic carbocycles. The zero-order chi connectivity index (χ0) is 27.1. The minimum absolute atomic E-state index is 0.00415. The van der Waals surface area contributed by atoms with Gasteiger partial charge in [0.15, 0.2) is 0 Å².